The maximum atomic E-state index is 12.2. The van der Waals surface area contributed by atoms with Gasteiger partial charge in [-0.25, -0.2) is 0 Å². The number of benzene rings is 2. The monoisotopic (exact) mass is 392 g/mol. The Hall–Kier alpha value is -3.19. The van der Waals surface area contributed by atoms with Gasteiger partial charge >= 0.3 is 0 Å². The van der Waals surface area contributed by atoms with Gasteiger partial charge in [-0.05, 0) is 49.7 Å². The molecule has 2 heterocycles. The van der Waals surface area contributed by atoms with E-state index in [9.17, 15) is 9.90 Å². The number of carbonyl (C=O) groups is 1. The summed E-state index contributed by atoms with van der Waals surface area (Å²) >= 11 is 0. The molecule has 1 aromatic heterocycles. The lowest BCUT2D eigenvalue weighted by molar-refractivity contribution is -0.117. The van der Waals surface area contributed by atoms with E-state index in [0.717, 1.165) is 41.9 Å². The number of carbonyl (C=O) groups excluding carboxylic acids is 1. The molecule has 1 aliphatic rings. The molecule has 0 atom stereocenters. The molecule has 0 unspecified atom stereocenters. The summed E-state index contributed by atoms with van der Waals surface area (Å²) in [5.41, 5.74) is 1.85. The Morgan fingerprint density at radius 3 is 2.66 bits per heavy atom. The van der Waals surface area contributed by atoms with Crippen molar-refractivity contribution >= 4 is 22.5 Å². The average Bonchev–Trinajstić information content (AvgIpc) is 3.35. The fourth-order valence-corrected chi connectivity index (χ4v) is 3.53. The number of aromatic amines is 1. The van der Waals surface area contributed by atoms with E-state index < -0.39 is 0 Å². The zero-order valence-corrected chi connectivity index (χ0v) is 16.2. The van der Waals surface area contributed by atoms with E-state index in [0.29, 0.717) is 6.61 Å². The minimum absolute atomic E-state index is 0.0989. The van der Waals surface area contributed by atoms with Crippen LogP contribution in [0.1, 0.15) is 18.4 Å². The number of amides is 1. The van der Waals surface area contributed by atoms with Crippen molar-refractivity contribution in [2.75, 3.05) is 26.2 Å². The first-order valence-corrected chi connectivity index (χ1v) is 9.87. The highest BCUT2D eigenvalue weighted by atomic mass is 16.5. The molecule has 2 N–H and O–H groups in total. The summed E-state index contributed by atoms with van der Waals surface area (Å²) in [5.74, 6) is 0.321. The Kier molecular flexibility index (Phi) is 5.86. The number of hydrogen-bond donors (Lipinski definition) is 2. The summed E-state index contributed by atoms with van der Waals surface area (Å²) < 4.78 is 5.78. The van der Waals surface area contributed by atoms with Gasteiger partial charge in [-0.15, -0.1) is 10.2 Å². The number of nitrogens with zero attached hydrogens (tertiary/aromatic N) is 3. The van der Waals surface area contributed by atoms with Crippen molar-refractivity contribution < 1.29 is 14.6 Å². The number of ether oxygens (including phenoxy) is 1. The standard InChI is InChI=1S/C22H24N4O3/c27-20(24-25-21-18-5-1-2-6-19(18)23-22(21)28)15-16-7-9-17(10-8-16)29-14-13-26-11-3-4-12-26/h1-2,5-10,23,28H,3-4,11-15H2. The fourth-order valence-electron chi connectivity index (χ4n) is 3.53. The minimum atomic E-state index is -0.377. The Balaban J connectivity index is 1.31. The van der Waals surface area contributed by atoms with Crippen LogP contribution in [0.15, 0.2) is 58.8 Å². The van der Waals surface area contributed by atoms with Crippen LogP contribution in [0.25, 0.3) is 10.9 Å². The van der Waals surface area contributed by atoms with Gasteiger partial charge in [-0.3, -0.25) is 9.69 Å². The smallest absolute Gasteiger partial charge is 0.269 e. The van der Waals surface area contributed by atoms with Gasteiger partial charge in [0.05, 0.1) is 11.9 Å². The van der Waals surface area contributed by atoms with Crippen LogP contribution in [0.4, 0.5) is 5.69 Å². The lowest BCUT2D eigenvalue weighted by Gasteiger charge is -2.14. The molecule has 4 rings (SSSR count). The normalized spacial score (nSPS) is 14.8. The quantitative estimate of drug-likeness (QED) is 0.590. The predicted octanol–water partition coefficient (Wildman–Crippen LogP) is 4.20. The van der Waals surface area contributed by atoms with Gasteiger partial charge in [0, 0.05) is 11.9 Å². The SMILES string of the molecule is O=C(Cc1ccc(OCCN2CCCC2)cc1)N=Nc1c(O)[nH]c2ccccc12. The van der Waals surface area contributed by atoms with Gasteiger partial charge in [0.1, 0.15) is 12.4 Å². The Morgan fingerprint density at radius 2 is 1.86 bits per heavy atom. The maximum Gasteiger partial charge on any atom is 0.269 e. The Morgan fingerprint density at radius 1 is 1.10 bits per heavy atom. The average molecular weight is 392 g/mol. The van der Waals surface area contributed by atoms with Gasteiger partial charge in [0.15, 0.2) is 5.69 Å². The summed E-state index contributed by atoms with van der Waals surface area (Å²) in [6, 6.07) is 14.8. The number of nitrogens with one attached hydrogen (secondary N) is 1. The summed E-state index contributed by atoms with van der Waals surface area (Å²) in [5, 5.41) is 18.4. The number of aromatic nitrogens is 1. The number of aromatic hydroxyl groups is 1. The fraction of sp³-hybridized carbons (Fsp3) is 0.318. The van der Waals surface area contributed by atoms with Crippen molar-refractivity contribution in [3.63, 3.8) is 0 Å². The number of azo groups is 1. The summed E-state index contributed by atoms with van der Waals surface area (Å²) in [6.45, 7) is 3.94. The largest absolute Gasteiger partial charge is 0.493 e. The van der Waals surface area contributed by atoms with Crippen LogP contribution in [0, 0.1) is 0 Å². The molecular formula is C22H24N4O3. The van der Waals surface area contributed by atoms with E-state index in [2.05, 4.69) is 20.1 Å². The summed E-state index contributed by atoms with van der Waals surface area (Å²) in [7, 11) is 0. The summed E-state index contributed by atoms with van der Waals surface area (Å²) in [6.07, 6.45) is 2.70. The molecule has 2 aromatic carbocycles. The first kappa shape index (κ1) is 19.1. The number of H-pyrrole nitrogens is 1. The third-order valence-electron chi connectivity index (χ3n) is 5.07. The van der Waals surface area contributed by atoms with Crippen molar-refractivity contribution in [2.24, 2.45) is 10.2 Å². The molecule has 1 saturated heterocycles. The molecule has 0 saturated carbocycles. The highest BCUT2D eigenvalue weighted by molar-refractivity contribution is 5.94. The van der Waals surface area contributed by atoms with E-state index in [1.807, 2.05) is 48.5 Å². The van der Waals surface area contributed by atoms with Crippen LogP contribution in [0.2, 0.25) is 0 Å². The Bertz CT molecular complexity index is 1000. The van der Waals surface area contributed by atoms with Gasteiger partial charge in [0.25, 0.3) is 5.91 Å². The molecule has 150 valence electrons. The number of para-hydroxylation sites is 1. The van der Waals surface area contributed by atoms with Crippen LogP contribution in [-0.2, 0) is 11.2 Å². The number of likely N-dealkylation sites (tertiary alicyclic amines) is 1. The second-order valence-electron chi connectivity index (χ2n) is 7.18. The van der Waals surface area contributed by atoms with Gasteiger partial charge in [-0.1, -0.05) is 30.3 Å². The van der Waals surface area contributed by atoms with E-state index in [1.54, 1.807) is 0 Å². The molecule has 7 heteroatoms. The van der Waals surface area contributed by atoms with Crippen molar-refractivity contribution in [1.29, 1.82) is 0 Å². The van der Waals surface area contributed by atoms with Gasteiger partial charge in [-0.2, -0.15) is 0 Å². The molecule has 1 aliphatic heterocycles. The first-order chi connectivity index (χ1) is 14.2. The van der Waals surface area contributed by atoms with Crippen molar-refractivity contribution in [2.45, 2.75) is 19.3 Å². The second-order valence-corrected chi connectivity index (χ2v) is 7.18. The molecule has 7 nitrogen and oxygen atoms in total. The van der Waals surface area contributed by atoms with Gasteiger partial charge in [0.2, 0.25) is 5.88 Å². The molecule has 1 amide bonds. The predicted molar refractivity (Wildman–Crippen MR) is 111 cm³/mol. The highest BCUT2D eigenvalue weighted by Crippen LogP contribution is 2.35. The van der Waals surface area contributed by atoms with Crippen LogP contribution in [0.5, 0.6) is 11.6 Å². The molecule has 1 fully saturated rings. The summed E-state index contributed by atoms with van der Waals surface area (Å²) in [4.78, 5) is 17.4. The zero-order valence-electron chi connectivity index (χ0n) is 16.2. The zero-order chi connectivity index (χ0) is 20.1. The van der Waals surface area contributed by atoms with E-state index in [-0.39, 0.29) is 23.9 Å². The highest BCUT2D eigenvalue weighted by Gasteiger charge is 2.12. The van der Waals surface area contributed by atoms with Crippen LogP contribution in [0.3, 0.4) is 0 Å². The molecule has 0 aliphatic carbocycles. The van der Waals surface area contributed by atoms with Crippen LogP contribution in [-0.4, -0.2) is 47.1 Å². The lowest BCUT2D eigenvalue weighted by atomic mass is 10.1. The third kappa shape index (κ3) is 4.81. The van der Waals surface area contributed by atoms with Gasteiger partial charge < -0.3 is 14.8 Å². The topological polar surface area (TPSA) is 90.3 Å². The van der Waals surface area contributed by atoms with E-state index in [4.69, 9.17) is 4.74 Å². The molecule has 29 heavy (non-hydrogen) atoms. The van der Waals surface area contributed by atoms with Crippen molar-refractivity contribution in [3.8, 4) is 11.6 Å². The van der Waals surface area contributed by atoms with E-state index >= 15 is 0 Å². The first-order valence-electron chi connectivity index (χ1n) is 9.87. The minimum Gasteiger partial charge on any atom is -0.493 e. The number of fused-ring (bicyclic) bond motifs is 1. The molecule has 0 radical (unpaired) electrons. The maximum absolute atomic E-state index is 12.2. The lowest BCUT2D eigenvalue weighted by Crippen LogP contribution is -2.25. The van der Waals surface area contributed by atoms with Crippen molar-refractivity contribution in [1.82, 2.24) is 9.88 Å². The molecular weight excluding hydrogens is 368 g/mol. The van der Waals surface area contributed by atoms with E-state index in [1.165, 1.54) is 12.8 Å². The molecule has 3 aromatic rings. The van der Waals surface area contributed by atoms with Crippen LogP contribution < -0.4 is 4.74 Å². The molecule has 0 spiro atoms. The number of rotatable bonds is 7. The number of hydrogen-bond acceptors (Lipinski definition) is 5. The third-order valence-corrected chi connectivity index (χ3v) is 5.07. The van der Waals surface area contributed by atoms with Crippen LogP contribution >= 0.6 is 0 Å². The Labute approximate surface area is 169 Å². The second kappa shape index (κ2) is 8.87. The van der Waals surface area contributed by atoms with Crippen molar-refractivity contribution in [3.05, 3.63) is 54.1 Å². The molecule has 0 bridgehead atoms.